The van der Waals surface area contributed by atoms with E-state index in [-0.39, 0.29) is 6.61 Å². The van der Waals surface area contributed by atoms with Crippen LogP contribution in [0.5, 0.6) is 11.5 Å². The molecule has 1 fully saturated rings. The summed E-state index contributed by atoms with van der Waals surface area (Å²) >= 11 is 0. The maximum atomic E-state index is 9.23. The molecule has 1 aliphatic heterocycles. The van der Waals surface area contributed by atoms with Crippen LogP contribution in [0, 0.1) is 0 Å². The number of ether oxygens (including phenoxy) is 2. The summed E-state index contributed by atoms with van der Waals surface area (Å²) in [5, 5.41) is 12.6. The molecule has 3 aromatic heterocycles. The van der Waals surface area contributed by atoms with Crippen molar-refractivity contribution in [1.82, 2.24) is 24.3 Å². The van der Waals surface area contributed by atoms with Gasteiger partial charge in [0.05, 0.1) is 30.8 Å². The number of aliphatic hydroxyl groups excluding tert-OH is 1. The summed E-state index contributed by atoms with van der Waals surface area (Å²) in [6, 6.07) is 32.1. The second-order valence-corrected chi connectivity index (χ2v) is 11.4. The Hall–Kier alpha value is -5.45. The second-order valence-electron chi connectivity index (χ2n) is 11.4. The van der Waals surface area contributed by atoms with Crippen LogP contribution in [0.1, 0.15) is 5.56 Å². The lowest BCUT2D eigenvalue weighted by Gasteiger charge is -2.35. The van der Waals surface area contributed by atoms with Gasteiger partial charge < -0.3 is 24.8 Å². The molecule has 0 unspecified atom stereocenters. The molecule has 0 radical (unpaired) electrons. The van der Waals surface area contributed by atoms with Crippen LogP contribution in [0.2, 0.25) is 0 Å². The summed E-state index contributed by atoms with van der Waals surface area (Å²) in [7, 11) is 1.65. The molecular formula is C37H37N7O3. The summed E-state index contributed by atoms with van der Waals surface area (Å²) in [6.07, 6.45) is 3.76. The Morgan fingerprint density at radius 2 is 1.64 bits per heavy atom. The molecule has 0 spiro atoms. The van der Waals surface area contributed by atoms with Crippen LogP contribution in [-0.2, 0) is 6.61 Å². The average molecular weight is 628 g/mol. The quantitative estimate of drug-likeness (QED) is 0.182. The van der Waals surface area contributed by atoms with E-state index in [1.54, 1.807) is 13.3 Å². The number of aliphatic hydroxyl groups is 1. The monoisotopic (exact) mass is 627 g/mol. The number of hydrogen-bond acceptors (Lipinski definition) is 9. The molecule has 0 aliphatic carbocycles. The first-order valence-electron chi connectivity index (χ1n) is 15.8. The van der Waals surface area contributed by atoms with Crippen molar-refractivity contribution in [3.8, 4) is 34.1 Å². The smallest absolute Gasteiger partial charge is 0.227 e. The van der Waals surface area contributed by atoms with Gasteiger partial charge in [-0.05, 0) is 66.2 Å². The number of piperazine rings is 1. The number of nitrogens with one attached hydrogen (secondary N) is 1. The minimum atomic E-state index is 0.203. The number of pyridine rings is 1. The number of imidazole rings is 1. The highest BCUT2D eigenvalue weighted by molar-refractivity contribution is 5.82. The van der Waals surface area contributed by atoms with Gasteiger partial charge in [-0.25, -0.2) is 15.0 Å². The maximum absolute atomic E-state index is 9.23. The predicted octanol–water partition coefficient (Wildman–Crippen LogP) is 5.90. The largest absolute Gasteiger partial charge is 0.493 e. The maximum Gasteiger partial charge on any atom is 0.227 e. The number of benzene rings is 3. The van der Waals surface area contributed by atoms with Crippen molar-refractivity contribution in [2.24, 2.45) is 0 Å². The Morgan fingerprint density at radius 1 is 0.830 bits per heavy atom. The van der Waals surface area contributed by atoms with Gasteiger partial charge in [0.2, 0.25) is 5.95 Å². The fourth-order valence-corrected chi connectivity index (χ4v) is 5.92. The molecule has 238 valence electrons. The summed E-state index contributed by atoms with van der Waals surface area (Å²) in [5.41, 5.74) is 7.21. The SMILES string of the molecule is COc1cc(-c2nc3ccccn3c2-c2ccnc(Nc3ccc(N4CCN(CCO)CC4)cc3)n2)ccc1OCc1ccccc1. The summed E-state index contributed by atoms with van der Waals surface area (Å²) < 4.78 is 13.9. The standard InChI is InChI=1S/C37H37N7O3/c1-46-33-25-28(10-15-32(33)47-26-27-7-3-2-4-8-27)35-36(44-18-6-5-9-34(44)41-35)31-16-17-38-37(40-31)39-29-11-13-30(14-12-29)43-21-19-42(20-22-43)23-24-45/h2-18,25,45H,19-24,26H2,1H3,(H,38,39,40). The number of rotatable bonds is 11. The molecule has 0 amide bonds. The van der Waals surface area contributed by atoms with Gasteiger partial charge in [-0.1, -0.05) is 36.4 Å². The molecule has 10 nitrogen and oxygen atoms in total. The van der Waals surface area contributed by atoms with Crippen LogP contribution >= 0.6 is 0 Å². The summed E-state index contributed by atoms with van der Waals surface area (Å²) in [4.78, 5) is 19.1. The van der Waals surface area contributed by atoms with E-state index >= 15 is 0 Å². The van der Waals surface area contributed by atoms with Gasteiger partial charge in [-0.3, -0.25) is 9.30 Å². The van der Waals surface area contributed by atoms with Crippen LogP contribution in [0.3, 0.4) is 0 Å². The summed E-state index contributed by atoms with van der Waals surface area (Å²) in [6.45, 7) is 5.16. The van der Waals surface area contributed by atoms with Crippen molar-refractivity contribution in [2.45, 2.75) is 6.61 Å². The molecule has 2 N–H and O–H groups in total. The Morgan fingerprint density at radius 3 is 2.43 bits per heavy atom. The molecule has 6 aromatic rings. The fourth-order valence-electron chi connectivity index (χ4n) is 5.92. The Kier molecular flexibility index (Phi) is 8.94. The van der Waals surface area contributed by atoms with Crippen LogP contribution in [0.25, 0.3) is 28.3 Å². The van der Waals surface area contributed by atoms with E-state index in [1.165, 1.54) is 5.69 Å². The first kappa shape index (κ1) is 30.2. The number of aromatic nitrogens is 4. The first-order chi connectivity index (χ1) is 23.2. The Balaban J connectivity index is 1.14. The molecule has 3 aromatic carbocycles. The van der Waals surface area contributed by atoms with Crippen LogP contribution in [0.4, 0.5) is 17.3 Å². The van der Waals surface area contributed by atoms with Crippen molar-refractivity contribution in [1.29, 1.82) is 0 Å². The number of methoxy groups -OCH3 is 1. The Bertz CT molecular complexity index is 1940. The van der Waals surface area contributed by atoms with Crippen molar-refractivity contribution < 1.29 is 14.6 Å². The minimum Gasteiger partial charge on any atom is -0.493 e. The fraction of sp³-hybridized carbons (Fsp3) is 0.216. The van der Waals surface area contributed by atoms with Gasteiger partial charge in [-0.2, -0.15) is 0 Å². The number of hydrogen-bond donors (Lipinski definition) is 2. The molecule has 1 aliphatic rings. The van der Waals surface area contributed by atoms with Gasteiger partial charge in [0, 0.05) is 62.1 Å². The van der Waals surface area contributed by atoms with Crippen molar-refractivity contribution in [3.63, 3.8) is 0 Å². The lowest BCUT2D eigenvalue weighted by molar-refractivity contribution is 0.189. The van der Waals surface area contributed by atoms with Crippen LogP contribution < -0.4 is 19.7 Å². The molecule has 10 heteroatoms. The van der Waals surface area contributed by atoms with Crippen molar-refractivity contribution in [3.05, 3.63) is 115 Å². The second kappa shape index (κ2) is 13.9. The molecule has 7 rings (SSSR count). The highest BCUT2D eigenvalue weighted by Gasteiger charge is 2.20. The summed E-state index contributed by atoms with van der Waals surface area (Å²) in [5.74, 6) is 1.78. The first-order valence-corrected chi connectivity index (χ1v) is 15.8. The van der Waals surface area contributed by atoms with E-state index in [9.17, 15) is 5.11 Å². The third-order valence-electron chi connectivity index (χ3n) is 8.38. The highest BCUT2D eigenvalue weighted by Crippen LogP contribution is 2.37. The third kappa shape index (κ3) is 6.74. The highest BCUT2D eigenvalue weighted by atomic mass is 16.5. The van der Waals surface area contributed by atoms with E-state index in [4.69, 9.17) is 19.4 Å². The van der Waals surface area contributed by atoms with Crippen LogP contribution in [0.15, 0.2) is 109 Å². The number of fused-ring (bicyclic) bond motifs is 1. The topological polar surface area (TPSA) is 100 Å². The minimum absolute atomic E-state index is 0.203. The number of nitrogens with zero attached hydrogens (tertiary/aromatic N) is 6. The van der Waals surface area contributed by atoms with Gasteiger partial charge in [0.15, 0.2) is 11.5 Å². The lowest BCUT2D eigenvalue weighted by Crippen LogP contribution is -2.47. The van der Waals surface area contributed by atoms with Crippen LogP contribution in [-0.4, -0.2) is 75.8 Å². The van der Waals surface area contributed by atoms with E-state index < -0.39 is 0 Å². The molecule has 4 heterocycles. The van der Waals surface area contributed by atoms with Gasteiger partial charge in [0.1, 0.15) is 12.3 Å². The molecule has 0 saturated carbocycles. The zero-order valence-electron chi connectivity index (χ0n) is 26.3. The Labute approximate surface area is 273 Å². The zero-order valence-corrected chi connectivity index (χ0v) is 26.3. The van der Waals surface area contributed by atoms with Gasteiger partial charge >= 0.3 is 0 Å². The molecule has 47 heavy (non-hydrogen) atoms. The molecule has 1 saturated heterocycles. The van der Waals surface area contributed by atoms with Crippen molar-refractivity contribution >= 4 is 23.0 Å². The molecule has 0 bridgehead atoms. The van der Waals surface area contributed by atoms with Gasteiger partial charge in [0.25, 0.3) is 0 Å². The van der Waals surface area contributed by atoms with E-state index in [0.717, 1.165) is 72.3 Å². The number of β-amino-alcohol motifs (C(OH)–C–C–N with tert-alkyl or cyclic N) is 1. The number of anilines is 3. The van der Waals surface area contributed by atoms with Gasteiger partial charge in [-0.15, -0.1) is 0 Å². The van der Waals surface area contributed by atoms with E-state index in [0.29, 0.717) is 24.1 Å². The average Bonchev–Trinajstić information content (AvgIpc) is 3.52. The normalized spacial score (nSPS) is 13.5. The van der Waals surface area contributed by atoms with E-state index in [1.807, 2.05) is 83.4 Å². The molecular weight excluding hydrogens is 590 g/mol. The van der Waals surface area contributed by atoms with E-state index in [2.05, 4.69) is 44.4 Å². The third-order valence-corrected chi connectivity index (χ3v) is 8.38. The molecule has 0 atom stereocenters. The van der Waals surface area contributed by atoms with Crippen molar-refractivity contribution in [2.75, 3.05) is 56.7 Å². The lowest BCUT2D eigenvalue weighted by atomic mass is 10.1. The zero-order chi connectivity index (χ0) is 32.0. The predicted molar refractivity (Wildman–Crippen MR) is 184 cm³/mol.